The Kier molecular flexibility index (Phi) is 3.54. The summed E-state index contributed by atoms with van der Waals surface area (Å²) in [7, 11) is 0. The third kappa shape index (κ3) is 2.51. The molecule has 0 N–H and O–H groups in total. The Labute approximate surface area is 75.5 Å². The van der Waals surface area contributed by atoms with Gasteiger partial charge in [-0.3, -0.25) is 0 Å². The fourth-order valence-corrected chi connectivity index (χ4v) is 1.32. The van der Waals surface area contributed by atoms with Gasteiger partial charge in [0.1, 0.15) is 4.88 Å². The first-order chi connectivity index (χ1) is 5.84. The van der Waals surface area contributed by atoms with Crippen LogP contribution in [0, 0.1) is 0 Å². The monoisotopic (exact) mass is 182 g/mol. The van der Waals surface area contributed by atoms with E-state index in [1.165, 1.54) is 11.3 Å². The van der Waals surface area contributed by atoms with E-state index in [4.69, 9.17) is 4.74 Å². The van der Waals surface area contributed by atoms with Crippen LogP contribution in [0.3, 0.4) is 0 Å². The second-order valence-electron chi connectivity index (χ2n) is 2.19. The highest BCUT2D eigenvalue weighted by atomic mass is 32.1. The summed E-state index contributed by atoms with van der Waals surface area (Å²) in [5.41, 5.74) is 0. The number of carbonyl (C=O) groups excluding carboxylic acids is 1. The summed E-state index contributed by atoms with van der Waals surface area (Å²) in [5, 5.41) is 1.85. The largest absolute Gasteiger partial charge is 0.461 e. The first-order valence-corrected chi connectivity index (χ1v) is 4.54. The molecule has 0 amide bonds. The third-order valence-corrected chi connectivity index (χ3v) is 2.13. The lowest BCUT2D eigenvalue weighted by molar-refractivity contribution is 0.0517. The van der Waals surface area contributed by atoms with Crippen LogP contribution in [0.25, 0.3) is 0 Å². The average molecular weight is 182 g/mol. The van der Waals surface area contributed by atoms with Gasteiger partial charge in [0.05, 0.1) is 6.61 Å². The van der Waals surface area contributed by atoms with E-state index in [0.29, 0.717) is 17.9 Å². The van der Waals surface area contributed by atoms with E-state index in [2.05, 4.69) is 6.58 Å². The van der Waals surface area contributed by atoms with Crippen molar-refractivity contribution in [1.82, 2.24) is 0 Å². The van der Waals surface area contributed by atoms with Gasteiger partial charge in [0.2, 0.25) is 0 Å². The van der Waals surface area contributed by atoms with Crippen LogP contribution in [0.5, 0.6) is 0 Å². The molecule has 0 bridgehead atoms. The van der Waals surface area contributed by atoms with Crippen molar-refractivity contribution < 1.29 is 9.53 Å². The number of ether oxygens (including phenoxy) is 1. The van der Waals surface area contributed by atoms with E-state index < -0.39 is 0 Å². The number of esters is 1. The van der Waals surface area contributed by atoms with E-state index in [9.17, 15) is 4.79 Å². The van der Waals surface area contributed by atoms with Crippen molar-refractivity contribution in [3.63, 3.8) is 0 Å². The minimum absolute atomic E-state index is 0.244. The molecular formula is C9H10O2S. The predicted octanol–water partition coefficient (Wildman–Crippen LogP) is 2.48. The van der Waals surface area contributed by atoms with Crippen LogP contribution in [-0.2, 0) is 4.74 Å². The van der Waals surface area contributed by atoms with Gasteiger partial charge in [-0.2, -0.15) is 0 Å². The molecule has 1 aromatic rings. The van der Waals surface area contributed by atoms with Crippen LogP contribution in [0.4, 0.5) is 0 Å². The topological polar surface area (TPSA) is 26.3 Å². The minimum Gasteiger partial charge on any atom is -0.461 e. The molecular weight excluding hydrogens is 172 g/mol. The van der Waals surface area contributed by atoms with Gasteiger partial charge in [0.15, 0.2) is 0 Å². The van der Waals surface area contributed by atoms with E-state index in [0.717, 1.165) is 0 Å². The highest BCUT2D eigenvalue weighted by Gasteiger charge is 2.05. The minimum atomic E-state index is -0.244. The van der Waals surface area contributed by atoms with Crippen molar-refractivity contribution in [1.29, 1.82) is 0 Å². The van der Waals surface area contributed by atoms with Crippen molar-refractivity contribution in [2.24, 2.45) is 0 Å². The molecule has 0 saturated heterocycles. The van der Waals surface area contributed by atoms with Crippen LogP contribution < -0.4 is 0 Å². The molecule has 0 radical (unpaired) electrons. The molecule has 0 aromatic carbocycles. The zero-order valence-electron chi connectivity index (χ0n) is 6.66. The quantitative estimate of drug-likeness (QED) is 0.406. The zero-order chi connectivity index (χ0) is 8.81. The van der Waals surface area contributed by atoms with Crippen molar-refractivity contribution in [3.8, 4) is 0 Å². The van der Waals surface area contributed by atoms with Gasteiger partial charge < -0.3 is 4.74 Å². The van der Waals surface area contributed by atoms with Gasteiger partial charge in [-0.25, -0.2) is 4.79 Å². The Morgan fingerprint density at radius 2 is 2.58 bits per heavy atom. The lowest BCUT2D eigenvalue weighted by Crippen LogP contribution is -2.03. The second-order valence-corrected chi connectivity index (χ2v) is 3.14. The molecule has 2 nitrogen and oxygen atoms in total. The summed E-state index contributed by atoms with van der Waals surface area (Å²) >= 11 is 1.39. The predicted molar refractivity (Wildman–Crippen MR) is 49.4 cm³/mol. The SMILES string of the molecule is C=CCCOC(=O)c1cccs1. The van der Waals surface area contributed by atoms with Crippen LogP contribution in [-0.4, -0.2) is 12.6 Å². The molecule has 0 aliphatic rings. The van der Waals surface area contributed by atoms with E-state index in [1.807, 2.05) is 11.4 Å². The molecule has 1 rings (SSSR count). The summed E-state index contributed by atoms with van der Waals surface area (Å²) in [4.78, 5) is 11.8. The van der Waals surface area contributed by atoms with Gasteiger partial charge in [-0.05, 0) is 17.9 Å². The first-order valence-electron chi connectivity index (χ1n) is 3.66. The summed E-state index contributed by atoms with van der Waals surface area (Å²) in [6.45, 7) is 3.95. The highest BCUT2D eigenvalue weighted by Crippen LogP contribution is 2.09. The lowest BCUT2D eigenvalue weighted by Gasteiger charge is -1.98. The zero-order valence-corrected chi connectivity index (χ0v) is 7.47. The van der Waals surface area contributed by atoms with Crippen LogP contribution in [0.1, 0.15) is 16.1 Å². The number of hydrogen-bond donors (Lipinski definition) is 0. The van der Waals surface area contributed by atoms with Crippen molar-refractivity contribution in [2.75, 3.05) is 6.61 Å². The normalized spacial score (nSPS) is 9.33. The molecule has 0 atom stereocenters. The fourth-order valence-electron chi connectivity index (χ4n) is 0.701. The Morgan fingerprint density at radius 1 is 1.75 bits per heavy atom. The summed E-state index contributed by atoms with van der Waals surface area (Å²) < 4.78 is 4.93. The molecule has 12 heavy (non-hydrogen) atoms. The Hall–Kier alpha value is -1.09. The van der Waals surface area contributed by atoms with E-state index >= 15 is 0 Å². The van der Waals surface area contributed by atoms with Crippen molar-refractivity contribution in [2.45, 2.75) is 6.42 Å². The molecule has 0 spiro atoms. The van der Waals surface area contributed by atoms with Crippen LogP contribution >= 0.6 is 11.3 Å². The molecule has 0 fully saturated rings. The van der Waals surface area contributed by atoms with Crippen molar-refractivity contribution in [3.05, 3.63) is 35.0 Å². The lowest BCUT2D eigenvalue weighted by atomic mass is 10.4. The van der Waals surface area contributed by atoms with E-state index in [1.54, 1.807) is 12.1 Å². The van der Waals surface area contributed by atoms with Crippen molar-refractivity contribution >= 4 is 17.3 Å². The smallest absolute Gasteiger partial charge is 0.348 e. The number of thiophene rings is 1. The van der Waals surface area contributed by atoms with Gasteiger partial charge in [-0.1, -0.05) is 12.1 Å². The highest BCUT2D eigenvalue weighted by molar-refractivity contribution is 7.11. The molecule has 3 heteroatoms. The molecule has 1 heterocycles. The van der Waals surface area contributed by atoms with Crippen LogP contribution in [0.2, 0.25) is 0 Å². The number of rotatable bonds is 4. The molecule has 0 aliphatic heterocycles. The van der Waals surface area contributed by atoms with Gasteiger partial charge in [0.25, 0.3) is 0 Å². The van der Waals surface area contributed by atoms with Gasteiger partial charge >= 0.3 is 5.97 Å². The molecule has 0 aliphatic carbocycles. The maximum absolute atomic E-state index is 11.1. The Bertz CT molecular complexity index is 252. The molecule has 0 saturated carbocycles. The maximum atomic E-state index is 11.1. The molecule has 1 aromatic heterocycles. The van der Waals surface area contributed by atoms with E-state index in [-0.39, 0.29) is 5.97 Å². The Balaban J connectivity index is 2.34. The number of hydrogen-bond acceptors (Lipinski definition) is 3. The van der Waals surface area contributed by atoms with Gasteiger partial charge in [0, 0.05) is 0 Å². The summed E-state index contributed by atoms with van der Waals surface area (Å²) in [6.07, 6.45) is 2.43. The standard InChI is InChI=1S/C9H10O2S/c1-2-3-6-11-9(10)8-5-4-7-12-8/h2,4-5,7H,1,3,6H2. The van der Waals surface area contributed by atoms with Gasteiger partial charge in [-0.15, -0.1) is 17.9 Å². The first kappa shape index (κ1) is 9.00. The fraction of sp³-hybridized carbons (Fsp3) is 0.222. The average Bonchev–Trinajstić information content (AvgIpc) is 2.56. The Morgan fingerprint density at radius 3 is 3.17 bits per heavy atom. The molecule has 0 unspecified atom stereocenters. The van der Waals surface area contributed by atoms with Crippen LogP contribution in [0.15, 0.2) is 30.2 Å². The molecule has 64 valence electrons. The summed E-state index contributed by atoms with van der Waals surface area (Å²) in [5.74, 6) is -0.244. The number of carbonyl (C=O) groups is 1. The maximum Gasteiger partial charge on any atom is 0.348 e. The second kappa shape index (κ2) is 4.72. The third-order valence-electron chi connectivity index (χ3n) is 1.28. The summed E-state index contributed by atoms with van der Waals surface area (Å²) in [6, 6.07) is 3.58.